The molecule has 1 heterocycles. The van der Waals surface area contributed by atoms with E-state index in [4.69, 9.17) is 11.0 Å². The molecule has 0 aromatic heterocycles. The fourth-order valence-electron chi connectivity index (χ4n) is 2.52. The summed E-state index contributed by atoms with van der Waals surface area (Å²) in [7, 11) is 0. The molecule has 0 radical (unpaired) electrons. The molecule has 1 aromatic carbocycles. The van der Waals surface area contributed by atoms with Gasteiger partial charge in [0.05, 0.1) is 17.2 Å². The number of rotatable bonds is 2. The molecule has 1 fully saturated rings. The first-order valence-electron chi connectivity index (χ1n) is 6.39. The fraction of sp³-hybridized carbons (Fsp3) is 0.429. The standard InChI is InChI=1S/C14H15F2N3O/c1-8-2-3-10(14(18)20)7-19(8)11-5-4-9(6-17)12(15)13(11)16/h4-5,8,10H,2-3,7H2,1H3,(H2,18,20). The van der Waals surface area contributed by atoms with Crippen LogP contribution in [0.1, 0.15) is 25.3 Å². The van der Waals surface area contributed by atoms with Gasteiger partial charge in [-0.3, -0.25) is 4.79 Å². The second-order valence-corrected chi connectivity index (χ2v) is 5.05. The van der Waals surface area contributed by atoms with Crippen LogP contribution < -0.4 is 10.6 Å². The third-order valence-corrected chi connectivity index (χ3v) is 3.78. The van der Waals surface area contributed by atoms with Gasteiger partial charge in [0.15, 0.2) is 11.6 Å². The molecule has 1 amide bonds. The summed E-state index contributed by atoms with van der Waals surface area (Å²) >= 11 is 0. The number of halogens is 2. The fourth-order valence-corrected chi connectivity index (χ4v) is 2.52. The molecule has 2 unspecified atom stereocenters. The topological polar surface area (TPSA) is 70.1 Å². The molecular formula is C14H15F2N3O. The lowest BCUT2D eigenvalue weighted by atomic mass is 9.92. The van der Waals surface area contributed by atoms with Crippen LogP contribution in [0.2, 0.25) is 0 Å². The van der Waals surface area contributed by atoms with E-state index in [0.717, 1.165) is 0 Å². The molecule has 4 nitrogen and oxygen atoms in total. The Labute approximate surface area is 115 Å². The van der Waals surface area contributed by atoms with Crippen molar-refractivity contribution in [1.29, 1.82) is 5.26 Å². The van der Waals surface area contributed by atoms with Gasteiger partial charge in [-0.25, -0.2) is 8.78 Å². The first-order chi connectivity index (χ1) is 9.45. The van der Waals surface area contributed by atoms with Crippen LogP contribution in [-0.2, 0) is 4.79 Å². The summed E-state index contributed by atoms with van der Waals surface area (Å²) in [5, 5.41) is 8.68. The number of nitrogens with zero attached hydrogens (tertiary/aromatic N) is 2. The quantitative estimate of drug-likeness (QED) is 0.899. The molecular weight excluding hydrogens is 264 g/mol. The Morgan fingerprint density at radius 1 is 1.40 bits per heavy atom. The van der Waals surface area contributed by atoms with Gasteiger partial charge in [-0.1, -0.05) is 0 Å². The first kappa shape index (κ1) is 14.3. The van der Waals surface area contributed by atoms with Crippen LogP contribution in [0, 0.1) is 28.9 Å². The minimum Gasteiger partial charge on any atom is -0.369 e. The number of piperidine rings is 1. The highest BCUT2D eigenvalue weighted by atomic mass is 19.2. The van der Waals surface area contributed by atoms with Crippen LogP contribution >= 0.6 is 0 Å². The van der Waals surface area contributed by atoms with E-state index in [-0.39, 0.29) is 29.8 Å². The Morgan fingerprint density at radius 3 is 2.70 bits per heavy atom. The average molecular weight is 279 g/mol. The van der Waals surface area contributed by atoms with E-state index in [0.29, 0.717) is 12.8 Å². The van der Waals surface area contributed by atoms with Gasteiger partial charge >= 0.3 is 0 Å². The second-order valence-electron chi connectivity index (χ2n) is 5.05. The number of hydrogen-bond acceptors (Lipinski definition) is 3. The summed E-state index contributed by atoms with van der Waals surface area (Å²) < 4.78 is 27.7. The van der Waals surface area contributed by atoms with E-state index in [1.54, 1.807) is 11.0 Å². The van der Waals surface area contributed by atoms with Crippen molar-refractivity contribution in [3.05, 3.63) is 29.3 Å². The molecule has 0 saturated carbocycles. The molecule has 1 aromatic rings. The normalized spacial score (nSPS) is 22.4. The summed E-state index contributed by atoms with van der Waals surface area (Å²) in [4.78, 5) is 12.9. The number of amides is 1. The van der Waals surface area contributed by atoms with Crippen LogP contribution in [0.4, 0.5) is 14.5 Å². The Hall–Kier alpha value is -2.16. The maximum Gasteiger partial charge on any atom is 0.222 e. The molecule has 2 rings (SSSR count). The van der Waals surface area contributed by atoms with Crippen LogP contribution in [0.15, 0.2) is 12.1 Å². The summed E-state index contributed by atoms with van der Waals surface area (Å²) in [6.45, 7) is 2.14. The van der Waals surface area contributed by atoms with E-state index in [1.165, 1.54) is 12.1 Å². The van der Waals surface area contributed by atoms with Gasteiger partial charge in [-0.05, 0) is 31.9 Å². The van der Waals surface area contributed by atoms with E-state index < -0.39 is 17.5 Å². The third kappa shape index (κ3) is 2.44. The summed E-state index contributed by atoms with van der Waals surface area (Å²) in [5.41, 5.74) is 5.03. The predicted molar refractivity (Wildman–Crippen MR) is 69.8 cm³/mol. The van der Waals surface area contributed by atoms with Crippen LogP contribution in [0.5, 0.6) is 0 Å². The summed E-state index contributed by atoms with van der Waals surface area (Å²) in [6, 6.07) is 4.19. The lowest BCUT2D eigenvalue weighted by Gasteiger charge is -2.38. The van der Waals surface area contributed by atoms with Crippen molar-refractivity contribution in [2.45, 2.75) is 25.8 Å². The number of carbonyl (C=O) groups excluding carboxylic acids is 1. The van der Waals surface area contributed by atoms with Crippen molar-refractivity contribution in [3.63, 3.8) is 0 Å². The van der Waals surface area contributed by atoms with Gasteiger partial charge in [-0.15, -0.1) is 0 Å². The molecule has 106 valence electrons. The predicted octanol–water partition coefficient (Wildman–Crippen LogP) is 1.93. The van der Waals surface area contributed by atoms with E-state index in [1.807, 2.05) is 6.92 Å². The molecule has 1 saturated heterocycles. The highest BCUT2D eigenvalue weighted by Gasteiger charge is 2.31. The van der Waals surface area contributed by atoms with Crippen molar-refractivity contribution >= 4 is 11.6 Å². The molecule has 1 aliphatic rings. The highest BCUT2D eigenvalue weighted by Crippen LogP contribution is 2.31. The zero-order valence-electron chi connectivity index (χ0n) is 11.1. The Morgan fingerprint density at radius 2 is 2.10 bits per heavy atom. The molecule has 2 N–H and O–H groups in total. The number of anilines is 1. The highest BCUT2D eigenvalue weighted by molar-refractivity contribution is 5.77. The van der Waals surface area contributed by atoms with Crippen molar-refractivity contribution in [3.8, 4) is 6.07 Å². The largest absolute Gasteiger partial charge is 0.369 e. The molecule has 0 spiro atoms. The summed E-state index contributed by atoms with van der Waals surface area (Å²) in [6.07, 6.45) is 1.32. The SMILES string of the molecule is CC1CCC(C(N)=O)CN1c1ccc(C#N)c(F)c1F. The smallest absolute Gasteiger partial charge is 0.222 e. The number of nitrogens with two attached hydrogens (primary N) is 1. The van der Waals surface area contributed by atoms with Crippen LogP contribution in [0.3, 0.4) is 0 Å². The maximum absolute atomic E-state index is 14.1. The van der Waals surface area contributed by atoms with Gasteiger partial charge in [0.25, 0.3) is 0 Å². The average Bonchev–Trinajstić information content (AvgIpc) is 2.42. The van der Waals surface area contributed by atoms with E-state index >= 15 is 0 Å². The van der Waals surface area contributed by atoms with E-state index in [2.05, 4.69) is 0 Å². The monoisotopic (exact) mass is 279 g/mol. The molecule has 20 heavy (non-hydrogen) atoms. The van der Waals surface area contributed by atoms with Gasteiger partial charge in [0.1, 0.15) is 6.07 Å². The first-order valence-corrected chi connectivity index (χ1v) is 6.39. The third-order valence-electron chi connectivity index (χ3n) is 3.78. The molecule has 0 aliphatic carbocycles. The Balaban J connectivity index is 2.37. The number of carbonyl (C=O) groups is 1. The molecule has 1 aliphatic heterocycles. The second kappa shape index (κ2) is 5.45. The lowest BCUT2D eigenvalue weighted by Crippen LogP contribution is -2.46. The van der Waals surface area contributed by atoms with Crippen molar-refractivity contribution in [1.82, 2.24) is 0 Å². The Bertz CT molecular complexity index is 583. The zero-order chi connectivity index (χ0) is 14.9. The van der Waals surface area contributed by atoms with Crippen molar-refractivity contribution < 1.29 is 13.6 Å². The van der Waals surface area contributed by atoms with Gasteiger partial charge in [0.2, 0.25) is 5.91 Å². The number of hydrogen-bond donors (Lipinski definition) is 1. The maximum atomic E-state index is 14.1. The number of benzene rings is 1. The van der Waals surface area contributed by atoms with Gasteiger partial charge in [0, 0.05) is 12.6 Å². The van der Waals surface area contributed by atoms with Gasteiger partial charge < -0.3 is 10.6 Å². The number of nitriles is 1. The summed E-state index contributed by atoms with van der Waals surface area (Å²) in [5.74, 6) is -3.01. The van der Waals surface area contributed by atoms with Crippen LogP contribution in [0.25, 0.3) is 0 Å². The molecule has 2 atom stereocenters. The number of primary amides is 1. The van der Waals surface area contributed by atoms with E-state index in [9.17, 15) is 13.6 Å². The van der Waals surface area contributed by atoms with Gasteiger partial charge in [-0.2, -0.15) is 5.26 Å². The minimum atomic E-state index is -1.15. The minimum absolute atomic E-state index is 0.0209. The molecule has 6 heteroatoms. The van der Waals surface area contributed by atoms with Crippen molar-refractivity contribution in [2.75, 3.05) is 11.4 Å². The zero-order valence-corrected chi connectivity index (χ0v) is 11.1. The van der Waals surface area contributed by atoms with Crippen molar-refractivity contribution in [2.24, 2.45) is 11.7 Å². The lowest BCUT2D eigenvalue weighted by molar-refractivity contribution is -0.122. The van der Waals surface area contributed by atoms with Crippen LogP contribution in [-0.4, -0.2) is 18.5 Å². The Kier molecular flexibility index (Phi) is 3.89. The molecule has 0 bridgehead atoms.